The Morgan fingerprint density at radius 2 is 2.25 bits per heavy atom. The van der Waals surface area contributed by atoms with Crippen LogP contribution in [0, 0.1) is 6.92 Å². The summed E-state index contributed by atoms with van der Waals surface area (Å²) in [6, 6.07) is 0.634. The second-order valence-corrected chi connectivity index (χ2v) is 4.14. The molecule has 0 aromatic carbocycles. The first-order chi connectivity index (χ1) is 7.63. The van der Waals surface area contributed by atoms with Crippen LogP contribution in [0.2, 0.25) is 0 Å². The van der Waals surface area contributed by atoms with E-state index in [0.29, 0.717) is 18.5 Å². The van der Waals surface area contributed by atoms with E-state index in [1.54, 1.807) is 6.92 Å². The summed E-state index contributed by atoms with van der Waals surface area (Å²) in [6.07, 6.45) is 1.18. The zero-order chi connectivity index (χ0) is 12.0. The van der Waals surface area contributed by atoms with Crippen molar-refractivity contribution in [2.24, 2.45) is 0 Å². The lowest BCUT2D eigenvalue weighted by atomic mass is 10.2. The lowest BCUT2D eigenvalue weighted by molar-refractivity contribution is 0.251. The van der Waals surface area contributed by atoms with Crippen molar-refractivity contribution < 1.29 is 4.52 Å². The zero-order valence-corrected chi connectivity index (χ0v) is 10.7. The van der Waals surface area contributed by atoms with Crippen LogP contribution in [0.1, 0.15) is 32.0 Å². The van der Waals surface area contributed by atoms with Gasteiger partial charge >= 0.3 is 0 Å². The molecule has 1 aromatic rings. The van der Waals surface area contributed by atoms with E-state index in [2.05, 4.69) is 41.3 Å². The molecule has 1 unspecified atom stereocenters. The topological polar surface area (TPSA) is 54.2 Å². The van der Waals surface area contributed by atoms with Gasteiger partial charge in [-0.25, -0.2) is 0 Å². The molecule has 0 aliphatic heterocycles. The maximum Gasteiger partial charge on any atom is 0.223 e. The van der Waals surface area contributed by atoms with E-state index in [1.165, 1.54) is 6.42 Å². The van der Waals surface area contributed by atoms with Gasteiger partial charge in [-0.3, -0.25) is 0 Å². The number of nitrogens with zero attached hydrogens (tertiary/aromatic N) is 3. The average molecular weight is 226 g/mol. The van der Waals surface area contributed by atoms with Crippen LogP contribution in [-0.4, -0.2) is 41.2 Å². The maximum absolute atomic E-state index is 4.89. The van der Waals surface area contributed by atoms with Gasteiger partial charge in [-0.1, -0.05) is 12.1 Å². The van der Waals surface area contributed by atoms with Gasteiger partial charge in [-0.2, -0.15) is 4.98 Å². The van der Waals surface area contributed by atoms with Crippen LogP contribution >= 0.6 is 0 Å². The quantitative estimate of drug-likeness (QED) is 0.708. The van der Waals surface area contributed by atoms with E-state index in [4.69, 9.17) is 4.52 Å². The number of likely N-dealkylation sites (N-methyl/N-ethyl adjacent to an activating group) is 1. The van der Waals surface area contributed by atoms with Crippen molar-refractivity contribution in [3.63, 3.8) is 0 Å². The number of rotatable bonds is 7. The van der Waals surface area contributed by atoms with Crippen LogP contribution < -0.4 is 5.32 Å². The van der Waals surface area contributed by atoms with Crippen molar-refractivity contribution in [2.45, 2.75) is 39.8 Å². The molecule has 0 saturated heterocycles. The predicted molar refractivity (Wildman–Crippen MR) is 63.1 cm³/mol. The molecule has 1 rings (SSSR count). The molecular formula is C11H22N4O. The van der Waals surface area contributed by atoms with E-state index in [0.717, 1.165) is 18.9 Å². The van der Waals surface area contributed by atoms with E-state index < -0.39 is 0 Å². The van der Waals surface area contributed by atoms with Crippen LogP contribution in [-0.2, 0) is 6.54 Å². The molecule has 1 atom stereocenters. The summed E-state index contributed by atoms with van der Waals surface area (Å²) in [7, 11) is 2.15. The Hall–Kier alpha value is -0.940. The molecule has 0 saturated carbocycles. The van der Waals surface area contributed by atoms with Gasteiger partial charge in [0.25, 0.3) is 0 Å². The van der Waals surface area contributed by atoms with E-state index in [1.807, 2.05) is 0 Å². The first-order valence-corrected chi connectivity index (χ1v) is 5.83. The van der Waals surface area contributed by atoms with Crippen molar-refractivity contribution >= 4 is 0 Å². The first kappa shape index (κ1) is 13.1. The highest BCUT2D eigenvalue weighted by Crippen LogP contribution is 1.98. The molecule has 1 N–H and O–H groups in total. The van der Waals surface area contributed by atoms with Gasteiger partial charge in [0.1, 0.15) is 0 Å². The van der Waals surface area contributed by atoms with E-state index in [-0.39, 0.29) is 0 Å². The fourth-order valence-electron chi connectivity index (χ4n) is 1.40. The Labute approximate surface area is 97.2 Å². The van der Waals surface area contributed by atoms with Crippen molar-refractivity contribution in [1.82, 2.24) is 20.4 Å². The summed E-state index contributed by atoms with van der Waals surface area (Å²) >= 11 is 0. The lowest BCUT2D eigenvalue weighted by Gasteiger charge is -2.23. The summed E-state index contributed by atoms with van der Waals surface area (Å²) in [4.78, 5) is 6.47. The Morgan fingerprint density at radius 1 is 1.50 bits per heavy atom. The van der Waals surface area contributed by atoms with Gasteiger partial charge in [-0.05, 0) is 20.4 Å². The molecule has 0 radical (unpaired) electrons. The number of hydrogen-bond donors (Lipinski definition) is 1. The van der Waals surface area contributed by atoms with Gasteiger partial charge < -0.3 is 14.7 Å². The van der Waals surface area contributed by atoms with Gasteiger partial charge in [0.2, 0.25) is 5.89 Å². The molecule has 0 aliphatic carbocycles. The Morgan fingerprint density at radius 3 is 2.81 bits per heavy atom. The maximum atomic E-state index is 4.89. The van der Waals surface area contributed by atoms with Crippen molar-refractivity contribution in [2.75, 3.05) is 20.1 Å². The summed E-state index contributed by atoms with van der Waals surface area (Å²) < 4.78 is 4.89. The molecule has 0 fully saturated rings. The smallest absolute Gasteiger partial charge is 0.223 e. The molecule has 16 heavy (non-hydrogen) atoms. The monoisotopic (exact) mass is 226 g/mol. The number of aryl methyl sites for hydroxylation is 1. The molecule has 5 heteroatoms. The molecule has 0 spiro atoms. The lowest BCUT2D eigenvalue weighted by Crippen LogP contribution is -2.34. The largest absolute Gasteiger partial charge is 0.340 e. The third-order valence-electron chi connectivity index (χ3n) is 2.84. The SMILES string of the molecule is CCC(C)N(C)CCNCc1noc(C)n1. The number of aromatic nitrogens is 2. The molecule has 1 aromatic heterocycles. The highest BCUT2D eigenvalue weighted by molar-refractivity contribution is 4.82. The van der Waals surface area contributed by atoms with Crippen LogP contribution in [0.4, 0.5) is 0 Å². The molecule has 0 aliphatic rings. The molecule has 0 bridgehead atoms. The van der Waals surface area contributed by atoms with Gasteiger partial charge in [0, 0.05) is 26.1 Å². The van der Waals surface area contributed by atoms with Crippen LogP contribution in [0.5, 0.6) is 0 Å². The minimum absolute atomic E-state index is 0.619. The zero-order valence-electron chi connectivity index (χ0n) is 10.7. The Balaban J connectivity index is 2.12. The van der Waals surface area contributed by atoms with E-state index in [9.17, 15) is 0 Å². The highest BCUT2D eigenvalue weighted by Gasteiger charge is 2.06. The Bertz CT molecular complexity index is 300. The van der Waals surface area contributed by atoms with Crippen molar-refractivity contribution in [3.05, 3.63) is 11.7 Å². The van der Waals surface area contributed by atoms with Gasteiger partial charge in [-0.15, -0.1) is 0 Å². The molecule has 0 amide bonds. The summed E-state index contributed by atoms with van der Waals surface area (Å²) in [5.41, 5.74) is 0. The number of hydrogen-bond acceptors (Lipinski definition) is 5. The summed E-state index contributed by atoms with van der Waals surface area (Å²) in [5.74, 6) is 1.34. The normalized spacial score (nSPS) is 13.3. The predicted octanol–water partition coefficient (Wildman–Crippen LogP) is 1.20. The first-order valence-electron chi connectivity index (χ1n) is 5.83. The second-order valence-electron chi connectivity index (χ2n) is 4.14. The average Bonchev–Trinajstić information content (AvgIpc) is 2.69. The minimum atomic E-state index is 0.619. The molecule has 5 nitrogen and oxygen atoms in total. The second kappa shape index (κ2) is 6.60. The highest BCUT2D eigenvalue weighted by atomic mass is 16.5. The fourth-order valence-corrected chi connectivity index (χ4v) is 1.40. The van der Waals surface area contributed by atoms with Crippen molar-refractivity contribution in [3.8, 4) is 0 Å². The molecule has 92 valence electrons. The van der Waals surface area contributed by atoms with Crippen LogP contribution in [0.15, 0.2) is 4.52 Å². The standard InChI is InChI=1S/C11H22N4O/c1-5-9(2)15(4)7-6-12-8-11-13-10(3)16-14-11/h9,12H,5-8H2,1-4H3. The third kappa shape index (κ3) is 4.28. The third-order valence-corrected chi connectivity index (χ3v) is 2.84. The van der Waals surface area contributed by atoms with Crippen molar-refractivity contribution in [1.29, 1.82) is 0 Å². The Kier molecular flexibility index (Phi) is 5.42. The van der Waals surface area contributed by atoms with Gasteiger partial charge in [0.15, 0.2) is 5.82 Å². The summed E-state index contributed by atoms with van der Waals surface area (Å²) in [6.45, 7) is 8.89. The van der Waals surface area contributed by atoms with Crippen LogP contribution in [0.25, 0.3) is 0 Å². The van der Waals surface area contributed by atoms with Gasteiger partial charge in [0.05, 0.1) is 6.54 Å². The molecule has 1 heterocycles. The summed E-state index contributed by atoms with van der Waals surface area (Å²) in [5, 5.41) is 7.12. The fraction of sp³-hybridized carbons (Fsp3) is 0.818. The molecular weight excluding hydrogens is 204 g/mol. The number of nitrogens with one attached hydrogen (secondary N) is 1. The minimum Gasteiger partial charge on any atom is -0.340 e. The van der Waals surface area contributed by atoms with E-state index >= 15 is 0 Å². The van der Waals surface area contributed by atoms with Crippen LogP contribution in [0.3, 0.4) is 0 Å².